The largest absolute Gasteiger partial charge is 0.477 e. The minimum atomic E-state index is -0.867. The van der Waals surface area contributed by atoms with E-state index in [1.807, 2.05) is 43.3 Å². The van der Waals surface area contributed by atoms with Crippen LogP contribution in [0.1, 0.15) is 5.56 Å². The molecule has 0 aliphatic rings. The number of nitrogens with zero attached hydrogens (tertiary/aromatic N) is 5. The lowest BCUT2D eigenvalue weighted by Crippen LogP contribution is -2.08. The molecule has 2 heterocycles. The van der Waals surface area contributed by atoms with Crippen LogP contribution in [-0.2, 0) is 6.42 Å². The molecule has 29 heavy (non-hydrogen) atoms. The van der Waals surface area contributed by atoms with Gasteiger partial charge in [-0.15, -0.1) is 10.2 Å². The Morgan fingerprint density at radius 2 is 1.76 bits per heavy atom. The standard InChI is InChI=1S/C21H19F2N5O/c1-27(2)16-6-4-15(5-7-16)21-26-25-19-12-24-13-20(28(19)21)29-10-9-14-3-8-17(22)18(23)11-14/h3-8,11-13H,9-10H2,1-2H3. The molecule has 0 amide bonds. The van der Waals surface area contributed by atoms with Crippen molar-refractivity contribution in [3.8, 4) is 17.3 Å². The first kappa shape index (κ1) is 18.8. The van der Waals surface area contributed by atoms with Crippen LogP contribution >= 0.6 is 0 Å². The van der Waals surface area contributed by atoms with Gasteiger partial charge in [0.25, 0.3) is 0 Å². The van der Waals surface area contributed by atoms with E-state index in [9.17, 15) is 8.78 Å². The van der Waals surface area contributed by atoms with Crippen molar-refractivity contribution in [1.82, 2.24) is 19.6 Å². The Kier molecular flexibility index (Phi) is 5.07. The van der Waals surface area contributed by atoms with Crippen molar-refractivity contribution in [1.29, 1.82) is 0 Å². The van der Waals surface area contributed by atoms with Crippen molar-refractivity contribution in [3.05, 3.63) is 72.1 Å². The number of hydrogen-bond acceptors (Lipinski definition) is 5. The fraction of sp³-hybridized carbons (Fsp3) is 0.190. The second kappa shape index (κ2) is 7.83. The molecule has 0 saturated carbocycles. The molecule has 2 aromatic carbocycles. The highest BCUT2D eigenvalue weighted by Crippen LogP contribution is 2.25. The summed E-state index contributed by atoms with van der Waals surface area (Å²) in [5.41, 5.74) is 3.17. The SMILES string of the molecule is CN(C)c1ccc(-c2nnc3cncc(OCCc4ccc(F)c(F)c4)n23)cc1. The average molecular weight is 395 g/mol. The van der Waals surface area contributed by atoms with E-state index < -0.39 is 11.6 Å². The molecule has 0 spiro atoms. The summed E-state index contributed by atoms with van der Waals surface area (Å²) in [6.45, 7) is 0.267. The van der Waals surface area contributed by atoms with Gasteiger partial charge in [0, 0.05) is 31.8 Å². The molecule has 0 saturated heterocycles. The van der Waals surface area contributed by atoms with E-state index in [0.29, 0.717) is 29.3 Å². The highest BCUT2D eigenvalue weighted by molar-refractivity contribution is 5.63. The van der Waals surface area contributed by atoms with E-state index in [1.54, 1.807) is 16.8 Å². The van der Waals surface area contributed by atoms with Crippen molar-refractivity contribution in [2.75, 3.05) is 25.6 Å². The lowest BCUT2D eigenvalue weighted by Gasteiger charge is -2.13. The van der Waals surface area contributed by atoms with Crippen molar-refractivity contribution in [2.45, 2.75) is 6.42 Å². The van der Waals surface area contributed by atoms with Crippen LogP contribution in [0.3, 0.4) is 0 Å². The molecular formula is C21H19F2N5O. The fourth-order valence-electron chi connectivity index (χ4n) is 2.99. The van der Waals surface area contributed by atoms with Gasteiger partial charge in [-0.1, -0.05) is 6.07 Å². The zero-order valence-corrected chi connectivity index (χ0v) is 16.0. The Bertz CT molecular complexity index is 1140. The number of rotatable bonds is 6. The number of benzene rings is 2. The minimum absolute atomic E-state index is 0.267. The van der Waals surface area contributed by atoms with Gasteiger partial charge in [-0.3, -0.25) is 4.98 Å². The summed E-state index contributed by atoms with van der Waals surface area (Å²) >= 11 is 0. The van der Waals surface area contributed by atoms with Crippen molar-refractivity contribution in [3.63, 3.8) is 0 Å². The van der Waals surface area contributed by atoms with Gasteiger partial charge in [0.15, 0.2) is 23.1 Å². The molecular weight excluding hydrogens is 376 g/mol. The van der Waals surface area contributed by atoms with Crippen LogP contribution in [0.4, 0.5) is 14.5 Å². The maximum atomic E-state index is 13.4. The zero-order chi connectivity index (χ0) is 20.4. The maximum absolute atomic E-state index is 13.4. The van der Waals surface area contributed by atoms with Gasteiger partial charge in [0.2, 0.25) is 5.88 Å². The van der Waals surface area contributed by atoms with Crippen molar-refractivity contribution >= 4 is 11.3 Å². The molecule has 8 heteroatoms. The number of anilines is 1. The summed E-state index contributed by atoms with van der Waals surface area (Å²) in [7, 11) is 3.96. The third-order valence-corrected chi connectivity index (χ3v) is 4.55. The van der Waals surface area contributed by atoms with E-state index in [0.717, 1.165) is 17.3 Å². The second-order valence-corrected chi connectivity index (χ2v) is 6.75. The first-order chi connectivity index (χ1) is 14.0. The van der Waals surface area contributed by atoms with E-state index in [1.165, 1.54) is 12.1 Å². The molecule has 0 fully saturated rings. The lowest BCUT2D eigenvalue weighted by atomic mass is 10.1. The first-order valence-corrected chi connectivity index (χ1v) is 9.06. The van der Waals surface area contributed by atoms with Gasteiger partial charge in [-0.05, 0) is 42.0 Å². The van der Waals surface area contributed by atoms with Crippen LogP contribution in [-0.4, -0.2) is 40.3 Å². The second-order valence-electron chi connectivity index (χ2n) is 6.75. The van der Waals surface area contributed by atoms with Crippen LogP contribution in [0.2, 0.25) is 0 Å². The highest BCUT2D eigenvalue weighted by Gasteiger charge is 2.13. The van der Waals surface area contributed by atoms with Gasteiger partial charge in [0.05, 0.1) is 19.0 Å². The Morgan fingerprint density at radius 3 is 2.48 bits per heavy atom. The Labute approximate surface area is 166 Å². The zero-order valence-electron chi connectivity index (χ0n) is 16.0. The van der Waals surface area contributed by atoms with Crippen LogP contribution in [0.5, 0.6) is 5.88 Å². The number of halogens is 2. The highest BCUT2D eigenvalue weighted by atomic mass is 19.2. The van der Waals surface area contributed by atoms with Crippen molar-refractivity contribution < 1.29 is 13.5 Å². The predicted molar refractivity (Wildman–Crippen MR) is 106 cm³/mol. The number of ether oxygens (including phenoxy) is 1. The average Bonchev–Trinajstić information content (AvgIpc) is 3.16. The van der Waals surface area contributed by atoms with Gasteiger partial charge < -0.3 is 9.64 Å². The summed E-state index contributed by atoms with van der Waals surface area (Å²) in [4.78, 5) is 6.16. The molecule has 0 N–H and O–H groups in total. The molecule has 0 aliphatic carbocycles. The Balaban J connectivity index is 1.58. The van der Waals surface area contributed by atoms with Gasteiger partial charge in [-0.25, -0.2) is 13.2 Å². The molecule has 0 radical (unpaired) electrons. The lowest BCUT2D eigenvalue weighted by molar-refractivity contribution is 0.304. The molecule has 4 rings (SSSR count). The number of aromatic nitrogens is 4. The summed E-state index contributed by atoms with van der Waals surface area (Å²) in [6.07, 6.45) is 3.61. The van der Waals surface area contributed by atoms with Crippen molar-refractivity contribution in [2.24, 2.45) is 0 Å². The Morgan fingerprint density at radius 1 is 0.966 bits per heavy atom. The summed E-state index contributed by atoms with van der Waals surface area (Å²) < 4.78 is 34.1. The number of hydrogen-bond donors (Lipinski definition) is 0. The van der Waals surface area contributed by atoms with Gasteiger partial charge in [-0.2, -0.15) is 0 Å². The van der Waals surface area contributed by atoms with Crippen LogP contribution in [0.15, 0.2) is 54.9 Å². The summed E-state index contributed by atoms with van der Waals surface area (Å²) in [6, 6.07) is 11.8. The molecule has 6 nitrogen and oxygen atoms in total. The summed E-state index contributed by atoms with van der Waals surface area (Å²) in [5.74, 6) is -0.621. The van der Waals surface area contributed by atoms with E-state index >= 15 is 0 Å². The molecule has 0 bridgehead atoms. The molecule has 0 atom stereocenters. The van der Waals surface area contributed by atoms with Gasteiger partial charge in [0.1, 0.15) is 0 Å². The summed E-state index contributed by atoms with van der Waals surface area (Å²) in [5, 5.41) is 8.45. The molecule has 2 aromatic heterocycles. The van der Waals surface area contributed by atoms with E-state index in [2.05, 4.69) is 15.2 Å². The maximum Gasteiger partial charge on any atom is 0.220 e. The quantitative estimate of drug-likeness (QED) is 0.498. The third kappa shape index (κ3) is 3.87. The van der Waals surface area contributed by atoms with E-state index in [4.69, 9.17) is 4.74 Å². The molecule has 0 aliphatic heterocycles. The molecule has 148 valence electrons. The topological polar surface area (TPSA) is 55.5 Å². The number of fused-ring (bicyclic) bond motifs is 1. The third-order valence-electron chi connectivity index (χ3n) is 4.55. The predicted octanol–water partition coefficient (Wildman–Crippen LogP) is 3.76. The molecule has 4 aromatic rings. The molecule has 0 unspecified atom stereocenters. The van der Waals surface area contributed by atoms with Crippen LogP contribution in [0.25, 0.3) is 17.0 Å². The van der Waals surface area contributed by atoms with Crippen LogP contribution < -0.4 is 9.64 Å². The van der Waals surface area contributed by atoms with Crippen LogP contribution in [0, 0.1) is 11.6 Å². The van der Waals surface area contributed by atoms with Gasteiger partial charge >= 0.3 is 0 Å². The minimum Gasteiger partial charge on any atom is -0.477 e. The first-order valence-electron chi connectivity index (χ1n) is 9.06. The fourth-order valence-corrected chi connectivity index (χ4v) is 2.99. The monoisotopic (exact) mass is 395 g/mol. The van der Waals surface area contributed by atoms with E-state index in [-0.39, 0.29) is 6.61 Å². The Hall–Kier alpha value is -3.55. The smallest absolute Gasteiger partial charge is 0.220 e. The normalized spacial score (nSPS) is 11.0.